The van der Waals surface area contributed by atoms with Gasteiger partial charge in [0.25, 0.3) is 0 Å². The van der Waals surface area contributed by atoms with Gasteiger partial charge in [0, 0.05) is 37.2 Å². The normalized spacial score (nSPS) is 19.4. The Morgan fingerprint density at radius 2 is 2.39 bits per heavy atom. The molecule has 1 atom stereocenters. The zero-order valence-electron chi connectivity index (χ0n) is 10.4. The van der Waals surface area contributed by atoms with Crippen molar-refractivity contribution in [3.8, 4) is 11.5 Å². The minimum absolute atomic E-state index is 0.111. The standard InChI is InChI=1S/C13H18N2O3/c1-18-11-4-2-9(12(16)6-11)7-14-10-3-5-13(17)15-8-10/h2,4,6,10,14,16H,3,5,7-8H2,1H3,(H,15,17). The van der Waals surface area contributed by atoms with Crippen LogP contribution in [-0.2, 0) is 11.3 Å². The van der Waals surface area contributed by atoms with E-state index in [1.165, 1.54) is 0 Å². The molecule has 5 heteroatoms. The van der Waals surface area contributed by atoms with Crippen LogP contribution in [0.3, 0.4) is 0 Å². The van der Waals surface area contributed by atoms with Crippen LogP contribution < -0.4 is 15.4 Å². The van der Waals surface area contributed by atoms with Gasteiger partial charge in [-0.2, -0.15) is 0 Å². The van der Waals surface area contributed by atoms with Crippen molar-refractivity contribution < 1.29 is 14.6 Å². The molecule has 0 bridgehead atoms. The first-order valence-corrected chi connectivity index (χ1v) is 6.05. The van der Waals surface area contributed by atoms with Crippen LogP contribution in [-0.4, -0.2) is 30.7 Å². The third kappa shape index (κ3) is 3.13. The fourth-order valence-electron chi connectivity index (χ4n) is 1.98. The lowest BCUT2D eigenvalue weighted by Crippen LogP contribution is -2.45. The van der Waals surface area contributed by atoms with Crippen molar-refractivity contribution in [3.63, 3.8) is 0 Å². The summed E-state index contributed by atoms with van der Waals surface area (Å²) in [7, 11) is 1.57. The molecule has 2 rings (SSSR count). The summed E-state index contributed by atoms with van der Waals surface area (Å²) >= 11 is 0. The lowest BCUT2D eigenvalue weighted by Gasteiger charge is -2.23. The number of phenols is 1. The Morgan fingerprint density at radius 3 is 3.00 bits per heavy atom. The highest BCUT2D eigenvalue weighted by Gasteiger charge is 2.17. The molecule has 1 unspecified atom stereocenters. The van der Waals surface area contributed by atoms with E-state index in [4.69, 9.17) is 4.74 Å². The molecule has 1 aromatic carbocycles. The van der Waals surface area contributed by atoms with Gasteiger partial charge in [-0.25, -0.2) is 0 Å². The minimum atomic E-state index is 0.111. The number of carbonyl (C=O) groups excluding carboxylic acids is 1. The molecule has 0 aliphatic carbocycles. The van der Waals surface area contributed by atoms with E-state index in [9.17, 15) is 9.90 Å². The maximum absolute atomic E-state index is 11.0. The molecule has 18 heavy (non-hydrogen) atoms. The second kappa shape index (κ2) is 5.73. The largest absolute Gasteiger partial charge is 0.507 e. The first-order chi connectivity index (χ1) is 8.69. The Morgan fingerprint density at radius 1 is 1.56 bits per heavy atom. The number of ether oxygens (including phenoxy) is 1. The monoisotopic (exact) mass is 250 g/mol. The van der Waals surface area contributed by atoms with E-state index in [1.807, 2.05) is 12.1 Å². The average Bonchev–Trinajstić information content (AvgIpc) is 2.39. The van der Waals surface area contributed by atoms with Crippen molar-refractivity contribution in [2.45, 2.75) is 25.4 Å². The molecule has 0 aromatic heterocycles. The van der Waals surface area contributed by atoms with E-state index in [0.717, 1.165) is 12.0 Å². The fraction of sp³-hybridized carbons (Fsp3) is 0.462. The zero-order valence-corrected chi connectivity index (χ0v) is 10.4. The van der Waals surface area contributed by atoms with E-state index in [-0.39, 0.29) is 17.7 Å². The highest BCUT2D eigenvalue weighted by atomic mass is 16.5. The molecule has 1 aliphatic heterocycles. The molecule has 0 radical (unpaired) electrons. The summed E-state index contributed by atoms with van der Waals surface area (Å²) in [6.07, 6.45) is 1.40. The number of phenolic OH excluding ortho intramolecular Hbond substituents is 1. The smallest absolute Gasteiger partial charge is 0.220 e. The quantitative estimate of drug-likeness (QED) is 0.738. The Hall–Kier alpha value is -1.75. The first kappa shape index (κ1) is 12.7. The van der Waals surface area contributed by atoms with Crippen LogP contribution in [0.4, 0.5) is 0 Å². The maximum Gasteiger partial charge on any atom is 0.220 e. The summed E-state index contributed by atoms with van der Waals surface area (Å²) in [5.74, 6) is 0.975. The molecule has 3 N–H and O–H groups in total. The van der Waals surface area contributed by atoms with Gasteiger partial charge in [-0.1, -0.05) is 6.07 Å². The summed E-state index contributed by atoms with van der Waals surface area (Å²) < 4.78 is 5.03. The Labute approximate surface area is 106 Å². The van der Waals surface area contributed by atoms with Gasteiger partial charge in [0.2, 0.25) is 5.91 Å². The number of hydrogen-bond donors (Lipinski definition) is 3. The Bertz CT molecular complexity index is 424. The third-order valence-electron chi connectivity index (χ3n) is 3.14. The highest BCUT2D eigenvalue weighted by Crippen LogP contribution is 2.23. The molecule has 98 valence electrons. The third-order valence-corrected chi connectivity index (χ3v) is 3.14. The summed E-state index contributed by atoms with van der Waals surface area (Å²) in [5.41, 5.74) is 0.827. The van der Waals surface area contributed by atoms with E-state index in [0.29, 0.717) is 25.3 Å². The summed E-state index contributed by atoms with van der Waals surface area (Å²) in [6, 6.07) is 5.52. The van der Waals surface area contributed by atoms with Crippen LogP contribution in [0.2, 0.25) is 0 Å². The van der Waals surface area contributed by atoms with Crippen LogP contribution >= 0.6 is 0 Å². The molecule has 1 heterocycles. The number of aromatic hydroxyl groups is 1. The molecule has 1 saturated heterocycles. The minimum Gasteiger partial charge on any atom is -0.507 e. The van der Waals surface area contributed by atoms with Gasteiger partial charge in [-0.05, 0) is 12.5 Å². The van der Waals surface area contributed by atoms with E-state index < -0.39 is 0 Å². The Kier molecular flexibility index (Phi) is 4.04. The van der Waals surface area contributed by atoms with Crippen molar-refractivity contribution in [2.24, 2.45) is 0 Å². The number of amides is 1. The second-order valence-electron chi connectivity index (χ2n) is 4.42. The summed E-state index contributed by atoms with van der Waals surface area (Å²) in [6.45, 7) is 1.23. The number of carbonyl (C=O) groups is 1. The van der Waals surface area contributed by atoms with Gasteiger partial charge >= 0.3 is 0 Å². The maximum atomic E-state index is 11.0. The van der Waals surface area contributed by atoms with Crippen LogP contribution in [0.25, 0.3) is 0 Å². The van der Waals surface area contributed by atoms with Gasteiger partial charge in [-0.15, -0.1) is 0 Å². The molecule has 1 aliphatic rings. The predicted molar refractivity (Wildman–Crippen MR) is 67.5 cm³/mol. The number of benzene rings is 1. The van der Waals surface area contributed by atoms with Crippen LogP contribution in [0.1, 0.15) is 18.4 Å². The topological polar surface area (TPSA) is 70.6 Å². The molecule has 5 nitrogen and oxygen atoms in total. The predicted octanol–water partition coefficient (Wildman–Crippen LogP) is 0.769. The van der Waals surface area contributed by atoms with Gasteiger partial charge in [0.1, 0.15) is 11.5 Å². The van der Waals surface area contributed by atoms with Crippen molar-refractivity contribution in [2.75, 3.05) is 13.7 Å². The second-order valence-corrected chi connectivity index (χ2v) is 4.42. The van der Waals surface area contributed by atoms with E-state index in [1.54, 1.807) is 13.2 Å². The number of methoxy groups -OCH3 is 1. The highest BCUT2D eigenvalue weighted by molar-refractivity contribution is 5.76. The van der Waals surface area contributed by atoms with Crippen molar-refractivity contribution in [1.29, 1.82) is 0 Å². The number of hydrogen-bond acceptors (Lipinski definition) is 4. The number of piperidine rings is 1. The number of nitrogens with one attached hydrogen (secondary N) is 2. The van der Waals surface area contributed by atoms with E-state index in [2.05, 4.69) is 10.6 Å². The molecule has 1 fully saturated rings. The van der Waals surface area contributed by atoms with Crippen molar-refractivity contribution in [1.82, 2.24) is 10.6 Å². The van der Waals surface area contributed by atoms with Crippen LogP contribution in [0.5, 0.6) is 11.5 Å². The lowest BCUT2D eigenvalue weighted by molar-refractivity contribution is -0.122. The van der Waals surface area contributed by atoms with Crippen molar-refractivity contribution >= 4 is 5.91 Å². The van der Waals surface area contributed by atoms with E-state index >= 15 is 0 Å². The first-order valence-electron chi connectivity index (χ1n) is 6.05. The molecule has 1 amide bonds. The molecule has 1 aromatic rings. The summed E-state index contributed by atoms with van der Waals surface area (Å²) in [4.78, 5) is 11.0. The summed E-state index contributed by atoms with van der Waals surface area (Å²) in [5, 5.41) is 15.9. The van der Waals surface area contributed by atoms with Gasteiger partial charge in [0.15, 0.2) is 0 Å². The Balaban J connectivity index is 1.88. The molecular weight excluding hydrogens is 232 g/mol. The SMILES string of the molecule is COc1ccc(CNC2CCC(=O)NC2)c(O)c1. The van der Waals surface area contributed by atoms with Crippen LogP contribution in [0, 0.1) is 0 Å². The van der Waals surface area contributed by atoms with Gasteiger partial charge < -0.3 is 20.5 Å². The number of rotatable bonds is 4. The molecular formula is C13H18N2O3. The lowest BCUT2D eigenvalue weighted by atomic mass is 10.1. The van der Waals surface area contributed by atoms with Gasteiger partial charge in [-0.3, -0.25) is 4.79 Å². The molecule has 0 spiro atoms. The van der Waals surface area contributed by atoms with Crippen molar-refractivity contribution in [3.05, 3.63) is 23.8 Å². The van der Waals surface area contributed by atoms with Crippen LogP contribution in [0.15, 0.2) is 18.2 Å². The molecule has 0 saturated carbocycles. The average molecular weight is 250 g/mol. The fourth-order valence-corrected chi connectivity index (χ4v) is 1.98. The zero-order chi connectivity index (χ0) is 13.0. The van der Waals surface area contributed by atoms with Gasteiger partial charge in [0.05, 0.1) is 7.11 Å².